The van der Waals surface area contributed by atoms with Gasteiger partial charge >= 0.3 is 5.97 Å². The molecule has 0 aliphatic carbocycles. The van der Waals surface area contributed by atoms with Gasteiger partial charge < -0.3 is 10.4 Å². The zero-order valence-corrected chi connectivity index (χ0v) is 12.3. The Bertz CT molecular complexity index is 688. The molecule has 0 saturated heterocycles. The van der Waals surface area contributed by atoms with Gasteiger partial charge in [0.05, 0.1) is 16.3 Å². The fourth-order valence-corrected chi connectivity index (χ4v) is 2.18. The van der Waals surface area contributed by atoms with Gasteiger partial charge in [-0.1, -0.05) is 23.2 Å². The molecule has 1 heterocycles. The van der Waals surface area contributed by atoms with Gasteiger partial charge in [-0.25, -0.2) is 14.5 Å². The van der Waals surface area contributed by atoms with E-state index >= 15 is 0 Å². The third kappa shape index (κ3) is 3.32. The lowest BCUT2D eigenvalue weighted by Crippen LogP contribution is -2.25. The Morgan fingerprint density at radius 3 is 2.67 bits per heavy atom. The summed E-state index contributed by atoms with van der Waals surface area (Å²) in [6.07, 6.45) is 2.67. The van der Waals surface area contributed by atoms with Gasteiger partial charge in [-0.2, -0.15) is 5.10 Å². The number of amides is 1. The minimum absolute atomic E-state index is 0.00877. The largest absolute Gasteiger partial charge is 0.478 e. The highest BCUT2D eigenvalue weighted by atomic mass is 35.5. The molecular formula is C12H10Cl2N4O3. The number of aromatic carboxylic acids is 1. The minimum atomic E-state index is -1.25. The molecule has 1 aromatic carbocycles. The summed E-state index contributed by atoms with van der Waals surface area (Å²) in [5.74, 6) is -1.73. The zero-order valence-electron chi connectivity index (χ0n) is 10.7. The summed E-state index contributed by atoms with van der Waals surface area (Å²) in [6, 6.07) is 1.89. The molecule has 2 N–H and O–H groups in total. The highest BCUT2D eigenvalue weighted by Gasteiger charge is 2.21. The SMILES string of the molecule is CC(C(=O)Nc1c(Cl)cc(Cl)cc1C(=O)O)n1cncn1. The van der Waals surface area contributed by atoms with Crippen molar-refractivity contribution in [1.29, 1.82) is 0 Å². The van der Waals surface area contributed by atoms with Crippen LogP contribution in [0.1, 0.15) is 23.3 Å². The molecule has 9 heteroatoms. The van der Waals surface area contributed by atoms with Crippen LogP contribution in [0.5, 0.6) is 0 Å². The Morgan fingerprint density at radius 1 is 1.38 bits per heavy atom. The van der Waals surface area contributed by atoms with E-state index in [0.29, 0.717) is 0 Å². The van der Waals surface area contributed by atoms with E-state index in [0.717, 1.165) is 0 Å². The van der Waals surface area contributed by atoms with Gasteiger partial charge in [-0.15, -0.1) is 0 Å². The first-order valence-corrected chi connectivity index (χ1v) is 6.53. The summed E-state index contributed by atoms with van der Waals surface area (Å²) in [5.41, 5.74) is -0.197. The molecule has 7 nitrogen and oxygen atoms in total. The van der Waals surface area contributed by atoms with E-state index in [1.807, 2.05) is 0 Å². The van der Waals surface area contributed by atoms with Crippen molar-refractivity contribution in [2.75, 3.05) is 5.32 Å². The molecule has 0 aliphatic rings. The molecule has 2 aromatic rings. The predicted molar refractivity (Wildman–Crippen MR) is 76.8 cm³/mol. The van der Waals surface area contributed by atoms with Crippen LogP contribution in [0.15, 0.2) is 24.8 Å². The quantitative estimate of drug-likeness (QED) is 0.898. The predicted octanol–water partition coefficient (Wildman–Crippen LogP) is 2.48. The molecule has 0 saturated carbocycles. The summed E-state index contributed by atoms with van der Waals surface area (Å²) in [4.78, 5) is 27.1. The highest BCUT2D eigenvalue weighted by molar-refractivity contribution is 6.37. The average molecular weight is 329 g/mol. The van der Waals surface area contributed by atoms with Crippen LogP contribution in [0, 0.1) is 0 Å². The number of anilines is 1. The monoisotopic (exact) mass is 328 g/mol. The molecule has 0 fully saturated rings. The van der Waals surface area contributed by atoms with E-state index < -0.39 is 17.9 Å². The molecule has 1 unspecified atom stereocenters. The first-order chi connectivity index (χ1) is 9.90. The second-order valence-electron chi connectivity index (χ2n) is 4.16. The van der Waals surface area contributed by atoms with Crippen LogP contribution in [0.25, 0.3) is 0 Å². The third-order valence-electron chi connectivity index (χ3n) is 2.75. The van der Waals surface area contributed by atoms with E-state index in [1.165, 1.54) is 29.5 Å². The number of hydrogen-bond donors (Lipinski definition) is 2. The van der Waals surface area contributed by atoms with Crippen molar-refractivity contribution in [3.63, 3.8) is 0 Å². The normalized spacial score (nSPS) is 12.0. The van der Waals surface area contributed by atoms with Crippen molar-refractivity contribution in [2.24, 2.45) is 0 Å². The lowest BCUT2D eigenvalue weighted by atomic mass is 10.1. The molecule has 110 valence electrons. The molecule has 1 amide bonds. The number of nitrogens with one attached hydrogen (secondary N) is 1. The number of nitrogens with zero attached hydrogens (tertiary/aromatic N) is 3. The highest BCUT2D eigenvalue weighted by Crippen LogP contribution is 2.30. The van der Waals surface area contributed by atoms with E-state index in [2.05, 4.69) is 15.4 Å². The number of carboxylic acids is 1. The molecule has 1 aromatic heterocycles. The Balaban J connectivity index is 2.31. The summed E-state index contributed by atoms with van der Waals surface area (Å²) in [6.45, 7) is 1.59. The molecular weight excluding hydrogens is 319 g/mol. The van der Waals surface area contributed by atoms with Gasteiger partial charge in [0.25, 0.3) is 0 Å². The minimum Gasteiger partial charge on any atom is -0.478 e. The van der Waals surface area contributed by atoms with Crippen LogP contribution in [-0.2, 0) is 4.79 Å². The fraction of sp³-hybridized carbons (Fsp3) is 0.167. The van der Waals surface area contributed by atoms with Crippen molar-refractivity contribution >= 4 is 40.8 Å². The van der Waals surface area contributed by atoms with Crippen molar-refractivity contribution in [3.8, 4) is 0 Å². The van der Waals surface area contributed by atoms with Crippen LogP contribution < -0.4 is 5.32 Å². The number of carboxylic acid groups (broad SMARTS) is 1. The number of aromatic nitrogens is 3. The van der Waals surface area contributed by atoms with Gasteiger partial charge in [0, 0.05) is 5.02 Å². The first kappa shape index (κ1) is 15.3. The van der Waals surface area contributed by atoms with E-state index in [1.54, 1.807) is 6.92 Å². The molecule has 0 bridgehead atoms. The number of benzene rings is 1. The second-order valence-corrected chi connectivity index (χ2v) is 5.00. The Labute approximate surface area is 129 Å². The van der Waals surface area contributed by atoms with E-state index in [9.17, 15) is 9.59 Å². The van der Waals surface area contributed by atoms with Gasteiger partial charge in [0.15, 0.2) is 0 Å². The maximum absolute atomic E-state index is 12.1. The third-order valence-corrected chi connectivity index (χ3v) is 3.26. The summed E-state index contributed by atoms with van der Waals surface area (Å²) < 4.78 is 1.33. The van der Waals surface area contributed by atoms with Crippen LogP contribution in [0.3, 0.4) is 0 Å². The van der Waals surface area contributed by atoms with Crippen LogP contribution in [-0.4, -0.2) is 31.7 Å². The maximum Gasteiger partial charge on any atom is 0.337 e. The average Bonchev–Trinajstić information content (AvgIpc) is 2.94. The van der Waals surface area contributed by atoms with Crippen molar-refractivity contribution in [2.45, 2.75) is 13.0 Å². The first-order valence-electron chi connectivity index (χ1n) is 5.77. The fourth-order valence-electron chi connectivity index (χ4n) is 1.63. The Hall–Kier alpha value is -2.12. The molecule has 0 spiro atoms. The topological polar surface area (TPSA) is 97.1 Å². The summed E-state index contributed by atoms with van der Waals surface area (Å²) in [5, 5.41) is 15.7. The standard InChI is InChI=1S/C12H10Cl2N4O3/c1-6(18-5-15-4-16-18)11(19)17-10-8(12(20)21)2-7(13)3-9(10)14/h2-6H,1H3,(H,17,19)(H,20,21). The maximum atomic E-state index is 12.1. The van der Waals surface area contributed by atoms with Gasteiger partial charge in [0.2, 0.25) is 5.91 Å². The smallest absolute Gasteiger partial charge is 0.337 e. The van der Waals surface area contributed by atoms with E-state index in [-0.39, 0.29) is 21.3 Å². The molecule has 0 aliphatic heterocycles. The number of carbonyl (C=O) groups is 2. The van der Waals surface area contributed by atoms with Crippen LogP contribution in [0.4, 0.5) is 5.69 Å². The number of hydrogen-bond acceptors (Lipinski definition) is 4. The lowest BCUT2D eigenvalue weighted by molar-refractivity contribution is -0.119. The lowest BCUT2D eigenvalue weighted by Gasteiger charge is -2.15. The summed E-state index contributed by atoms with van der Waals surface area (Å²) >= 11 is 11.7. The van der Waals surface area contributed by atoms with Crippen LogP contribution >= 0.6 is 23.2 Å². The zero-order chi connectivity index (χ0) is 15.6. The molecule has 0 radical (unpaired) electrons. The van der Waals surface area contributed by atoms with Crippen molar-refractivity contribution < 1.29 is 14.7 Å². The number of halogens is 2. The summed E-state index contributed by atoms with van der Waals surface area (Å²) in [7, 11) is 0. The van der Waals surface area contributed by atoms with E-state index in [4.69, 9.17) is 28.3 Å². The molecule has 21 heavy (non-hydrogen) atoms. The number of carbonyl (C=O) groups excluding carboxylic acids is 1. The number of rotatable bonds is 4. The van der Waals surface area contributed by atoms with Crippen molar-refractivity contribution in [3.05, 3.63) is 40.4 Å². The molecule has 2 rings (SSSR count). The molecule has 1 atom stereocenters. The second kappa shape index (κ2) is 6.11. The Morgan fingerprint density at radius 2 is 2.10 bits per heavy atom. The van der Waals surface area contributed by atoms with Crippen molar-refractivity contribution in [1.82, 2.24) is 14.8 Å². The van der Waals surface area contributed by atoms with Gasteiger partial charge in [0.1, 0.15) is 18.7 Å². The van der Waals surface area contributed by atoms with Gasteiger partial charge in [-0.05, 0) is 19.1 Å². The van der Waals surface area contributed by atoms with Crippen LogP contribution in [0.2, 0.25) is 10.0 Å². The Kier molecular flexibility index (Phi) is 4.44. The van der Waals surface area contributed by atoms with Gasteiger partial charge in [-0.3, -0.25) is 4.79 Å².